The maximum Gasteiger partial charge on any atom is 0.268 e. The highest BCUT2D eigenvalue weighted by molar-refractivity contribution is 7.20. The van der Waals surface area contributed by atoms with Gasteiger partial charge in [0.15, 0.2) is 0 Å². The van der Waals surface area contributed by atoms with Crippen LogP contribution in [-0.4, -0.2) is 10.9 Å². The van der Waals surface area contributed by atoms with E-state index in [0.717, 1.165) is 9.88 Å². The van der Waals surface area contributed by atoms with Crippen LogP contribution in [0.1, 0.15) is 10.5 Å². The fourth-order valence-corrected chi connectivity index (χ4v) is 2.52. The third kappa shape index (κ3) is 1.61. The molecule has 2 heterocycles. The number of thiophene rings is 1. The summed E-state index contributed by atoms with van der Waals surface area (Å²) in [5.74, 6) is -0.473. The van der Waals surface area contributed by atoms with E-state index in [-0.39, 0.29) is 0 Å². The summed E-state index contributed by atoms with van der Waals surface area (Å²) < 4.78 is 0. The van der Waals surface area contributed by atoms with Crippen LogP contribution in [0.4, 0.5) is 0 Å². The molecule has 3 nitrogen and oxygen atoms in total. The SMILES string of the molecule is NC(=O)c1csc(-c2cccs2)n1. The van der Waals surface area contributed by atoms with Crippen LogP contribution in [0.15, 0.2) is 22.9 Å². The first-order chi connectivity index (χ1) is 6.27. The third-order valence-electron chi connectivity index (χ3n) is 1.49. The van der Waals surface area contributed by atoms with Crippen molar-refractivity contribution < 1.29 is 4.79 Å². The lowest BCUT2D eigenvalue weighted by molar-refractivity contribution is 0.0996. The summed E-state index contributed by atoms with van der Waals surface area (Å²) in [4.78, 5) is 15.9. The minimum atomic E-state index is -0.473. The molecule has 2 rings (SSSR count). The van der Waals surface area contributed by atoms with E-state index in [1.54, 1.807) is 16.7 Å². The van der Waals surface area contributed by atoms with Gasteiger partial charge >= 0.3 is 0 Å². The van der Waals surface area contributed by atoms with E-state index < -0.39 is 5.91 Å². The Hall–Kier alpha value is -1.20. The molecule has 0 fully saturated rings. The van der Waals surface area contributed by atoms with Gasteiger partial charge in [-0.2, -0.15) is 0 Å². The van der Waals surface area contributed by atoms with E-state index in [9.17, 15) is 4.79 Å². The Morgan fingerprint density at radius 3 is 2.85 bits per heavy atom. The van der Waals surface area contributed by atoms with Crippen LogP contribution < -0.4 is 5.73 Å². The van der Waals surface area contributed by atoms with Gasteiger partial charge in [0, 0.05) is 5.38 Å². The lowest BCUT2D eigenvalue weighted by atomic mass is 10.4. The van der Waals surface area contributed by atoms with Crippen molar-refractivity contribution in [2.75, 3.05) is 0 Å². The summed E-state index contributed by atoms with van der Waals surface area (Å²) in [5, 5.41) is 4.50. The molecule has 0 aromatic carbocycles. The van der Waals surface area contributed by atoms with Gasteiger partial charge in [-0.3, -0.25) is 4.79 Å². The van der Waals surface area contributed by atoms with E-state index in [1.807, 2.05) is 17.5 Å². The summed E-state index contributed by atoms with van der Waals surface area (Å²) in [6.45, 7) is 0. The Bertz CT molecular complexity index is 419. The summed E-state index contributed by atoms with van der Waals surface area (Å²) in [5.41, 5.74) is 5.43. The second kappa shape index (κ2) is 3.27. The number of hydrogen-bond donors (Lipinski definition) is 1. The van der Waals surface area contributed by atoms with Gasteiger partial charge in [-0.15, -0.1) is 22.7 Å². The Labute approximate surface area is 82.9 Å². The number of nitrogens with two attached hydrogens (primary N) is 1. The topological polar surface area (TPSA) is 56.0 Å². The zero-order valence-corrected chi connectivity index (χ0v) is 8.19. The molecule has 1 amide bonds. The van der Waals surface area contributed by atoms with Crippen molar-refractivity contribution in [2.24, 2.45) is 5.73 Å². The van der Waals surface area contributed by atoms with Crippen molar-refractivity contribution in [3.8, 4) is 9.88 Å². The molecule has 2 aromatic rings. The van der Waals surface area contributed by atoms with Crippen molar-refractivity contribution in [1.82, 2.24) is 4.98 Å². The molecule has 0 radical (unpaired) electrons. The molecular formula is C8H6N2OS2. The highest BCUT2D eigenvalue weighted by Crippen LogP contribution is 2.27. The van der Waals surface area contributed by atoms with Gasteiger partial charge in [-0.05, 0) is 11.4 Å². The van der Waals surface area contributed by atoms with Crippen LogP contribution in [0, 0.1) is 0 Å². The van der Waals surface area contributed by atoms with E-state index in [2.05, 4.69) is 4.98 Å². The van der Waals surface area contributed by atoms with Crippen molar-refractivity contribution in [2.45, 2.75) is 0 Å². The molecular weight excluding hydrogens is 204 g/mol. The number of hydrogen-bond acceptors (Lipinski definition) is 4. The normalized spacial score (nSPS) is 10.2. The third-order valence-corrected chi connectivity index (χ3v) is 3.37. The molecule has 0 unspecified atom stereocenters. The average Bonchev–Trinajstić information content (AvgIpc) is 2.75. The molecule has 13 heavy (non-hydrogen) atoms. The van der Waals surface area contributed by atoms with Gasteiger partial charge in [0.1, 0.15) is 10.7 Å². The molecule has 0 saturated carbocycles. The van der Waals surface area contributed by atoms with Gasteiger partial charge < -0.3 is 5.73 Å². The summed E-state index contributed by atoms with van der Waals surface area (Å²) in [6, 6.07) is 3.92. The van der Waals surface area contributed by atoms with Crippen LogP contribution in [0.25, 0.3) is 9.88 Å². The lowest BCUT2D eigenvalue weighted by Gasteiger charge is -1.86. The number of nitrogens with zero attached hydrogens (tertiary/aromatic N) is 1. The predicted octanol–water partition coefficient (Wildman–Crippen LogP) is 1.97. The highest BCUT2D eigenvalue weighted by atomic mass is 32.1. The van der Waals surface area contributed by atoms with Gasteiger partial charge in [0.25, 0.3) is 5.91 Å². The minimum absolute atomic E-state index is 0.341. The number of primary amides is 1. The van der Waals surface area contributed by atoms with Crippen molar-refractivity contribution >= 4 is 28.6 Å². The van der Waals surface area contributed by atoms with Crippen molar-refractivity contribution in [3.63, 3.8) is 0 Å². The second-order valence-corrected chi connectivity index (χ2v) is 4.19. The quantitative estimate of drug-likeness (QED) is 0.823. The number of aromatic nitrogens is 1. The van der Waals surface area contributed by atoms with Crippen LogP contribution in [0.3, 0.4) is 0 Å². The lowest BCUT2D eigenvalue weighted by Crippen LogP contribution is -2.10. The van der Waals surface area contributed by atoms with Crippen LogP contribution >= 0.6 is 22.7 Å². The molecule has 0 bridgehead atoms. The van der Waals surface area contributed by atoms with E-state index in [1.165, 1.54) is 11.3 Å². The number of thiazole rings is 1. The molecule has 0 aliphatic rings. The molecule has 66 valence electrons. The first kappa shape index (κ1) is 8.40. The maximum atomic E-state index is 10.8. The second-order valence-electron chi connectivity index (χ2n) is 2.38. The highest BCUT2D eigenvalue weighted by Gasteiger charge is 2.08. The summed E-state index contributed by atoms with van der Waals surface area (Å²) in [7, 11) is 0. The van der Waals surface area contributed by atoms with Crippen molar-refractivity contribution in [1.29, 1.82) is 0 Å². The largest absolute Gasteiger partial charge is 0.364 e. The fourth-order valence-electron chi connectivity index (χ4n) is 0.900. The fraction of sp³-hybridized carbons (Fsp3) is 0. The van der Waals surface area contributed by atoms with E-state index in [4.69, 9.17) is 5.73 Å². The molecule has 0 aliphatic heterocycles. The van der Waals surface area contributed by atoms with Gasteiger partial charge in [0.05, 0.1) is 4.88 Å². The Balaban J connectivity index is 2.39. The molecule has 5 heteroatoms. The Morgan fingerprint density at radius 2 is 2.31 bits per heavy atom. The Morgan fingerprint density at radius 1 is 1.46 bits per heavy atom. The summed E-state index contributed by atoms with van der Waals surface area (Å²) >= 11 is 3.03. The standard InChI is InChI=1S/C8H6N2OS2/c9-7(11)5-4-13-8(10-5)6-2-1-3-12-6/h1-4H,(H2,9,11). The number of rotatable bonds is 2. The molecule has 0 aliphatic carbocycles. The molecule has 0 spiro atoms. The maximum absolute atomic E-state index is 10.8. The van der Waals surface area contributed by atoms with Gasteiger partial charge in [-0.25, -0.2) is 4.98 Å². The zero-order chi connectivity index (χ0) is 9.26. The predicted molar refractivity (Wildman–Crippen MR) is 53.9 cm³/mol. The van der Waals surface area contributed by atoms with Crippen LogP contribution in [0.2, 0.25) is 0 Å². The first-order valence-corrected chi connectivity index (χ1v) is 5.32. The van der Waals surface area contributed by atoms with E-state index in [0.29, 0.717) is 5.69 Å². The zero-order valence-electron chi connectivity index (χ0n) is 6.56. The van der Waals surface area contributed by atoms with Gasteiger partial charge in [0.2, 0.25) is 0 Å². The van der Waals surface area contributed by atoms with Gasteiger partial charge in [-0.1, -0.05) is 6.07 Å². The minimum Gasteiger partial charge on any atom is -0.364 e. The number of amides is 1. The van der Waals surface area contributed by atoms with Crippen LogP contribution in [-0.2, 0) is 0 Å². The Kier molecular flexibility index (Phi) is 2.12. The van der Waals surface area contributed by atoms with Crippen molar-refractivity contribution in [3.05, 3.63) is 28.6 Å². The molecule has 0 atom stereocenters. The summed E-state index contributed by atoms with van der Waals surface area (Å²) in [6.07, 6.45) is 0. The van der Waals surface area contributed by atoms with Crippen LogP contribution in [0.5, 0.6) is 0 Å². The van der Waals surface area contributed by atoms with E-state index >= 15 is 0 Å². The average molecular weight is 210 g/mol. The first-order valence-electron chi connectivity index (χ1n) is 3.56. The smallest absolute Gasteiger partial charge is 0.268 e. The molecule has 0 saturated heterocycles. The molecule has 2 aromatic heterocycles. The number of carbonyl (C=O) groups is 1. The monoisotopic (exact) mass is 210 g/mol. The molecule has 2 N–H and O–H groups in total. The number of carbonyl (C=O) groups excluding carboxylic acids is 1.